The standard InChI is InChI=1S/C38H46N2O4S/c1-25-12-19-31(45-25)23-40(24-35(41)44-38(5,6)7)36(42)34-21-27-13-16-30(43-29-17-14-28(15-18-29)37(2,3)4)22-32(27)33(39-34)20-26-10-8-9-11-26/h12-19,21-22,26H,8-11,20,23-24H2,1-7H3. The fourth-order valence-electron chi connectivity index (χ4n) is 5.92. The Morgan fingerprint density at radius 3 is 2.22 bits per heavy atom. The molecule has 1 saturated carbocycles. The number of ether oxygens (including phenoxy) is 2. The Hall–Kier alpha value is -3.71. The van der Waals surface area contributed by atoms with E-state index in [2.05, 4.69) is 32.9 Å². The maximum Gasteiger partial charge on any atom is 0.326 e. The van der Waals surface area contributed by atoms with Crippen LogP contribution in [0.3, 0.4) is 0 Å². The van der Waals surface area contributed by atoms with Gasteiger partial charge in [-0.2, -0.15) is 0 Å². The van der Waals surface area contributed by atoms with Crippen LogP contribution in [0.25, 0.3) is 10.8 Å². The number of carbonyl (C=O) groups is 2. The van der Waals surface area contributed by atoms with Crippen molar-refractivity contribution in [2.75, 3.05) is 6.54 Å². The summed E-state index contributed by atoms with van der Waals surface area (Å²) in [6.07, 6.45) is 5.59. The van der Waals surface area contributed by atoms with Gasteiger partial charge in [-0.1, -0.05) is 64.7 Å². The fourth-order valence-corrected chi connectivity index (χ4v) is 6.83. The van der Waals surface area contributed by atoms with E-state index >= 15 is 0 Å². The van der Waals surface area contributed by atoms with Gasteiger partial charge in [-0.25, -0.2) is 4.98 Å². The molecule has 238 valence electrons. The van der Waals surface area contributed by atoms with Gasteiger partial charge >= 0.3 is 5.97 Å². The number of aryl methyl sites for hydroxylation is 1. The molecule has 0 atom stereocenters. The van der Waals surface area contributed by atoms with Crippen LogP contribution in [0.2, 0.25) is 0 Å². The van der Waals surface area contributed by atoms with Crippen molar-refractivity contribution in [1.29, 1.82) is 0 Å². The lowest BCUT2D eigenvalue weighted by Gasteiger charge is -2.25. The molecule has 0 bridgehead atoms. The minimum atomic E-state index is -0.643. The van der Waals surface area contributed by atoms with Gasteiger partial charge in [-0.05, 0) is 98.9 Å². The number of hydrogen-bond acceptors (Lipinski definition) is 6. The van der Waals surface area contributed by atoms with Crippen molar-refractivity contribution >= 4 is 34.0 Å². The van der Waals surface area contributed by atoms with Gasteiger partial charge in [0.15, 0.2) is 0 Å². The zero-order valence-electron chi connectivity index (χ0n) is 27.7. The van der Waals surface area contributed by atoms with Crippen molar-refractivity contribution in [2.24, 2.45) is 5.92 Å². The number of nitrogens with zero attached hydrogens (tertiary/aromatic N) is 2. The molecule has 2 aromatic carbocycles. The van der Waals surface area contributed by atoms with Gasteiger partial charge in [-0.3, -0.25) is 9.59 Å². The number of rotatable bonds is 9. The Labute approximate surface area is 271 Å². The topological polar surface area (TPSA) is 68.7 Å². The summed E-state index contributed by atoms with van der Waals surface area (Å²) in [5, 5.41) is 1.93. The highest BCUT2D eigenvalue weighted by Crippen LogP contribution is 2.34. The van der Waals surface area contributed by atoms with E-state index in [9.17, 15) is 9.59 Å². The maximum absolute atomic E-state index is 14.1. The summed E-state index contributed by atoms with van der Waals surface area (Å²) < 4.78 is 11.9. The summed E-state index contributed by atoms with van der Waals surface area (Å²) in [7, 11) is 0. The summed E-state index contributed by atoms with van der Waals surface area (Å²) in [4.78, 5) is 35.8. The van der Waals surface area contributed by atoms with Crippen LogP contribution in [0.1, 0.15) is 98.7 Å². The lowest BCUT2D eigenvalue weighted by molar-refractivity contribution is -0.155. The number of esters is 1. The molecular weight excluding hydrogens is 580 g/mol. The molecule has 2 aromatic heterocycles. The molecule has 1 aliphatic carbocycles. The Kier molecular flexibility index (Phi) is 9.68. The molecule has 6 nitrogen and oxygen atoms in total. The second-order valence-electron chi connectivity index (χ2n) is 14.3. The third kappa shape index (κ3) is 8.72. The van der Waals surface area contributed by atoms with Crippen molar-refractivity contribution < 1.29 is 19.1 Å². The molecule has 45 heavy (non-hydrogen) atoms. The van der Waals surface area contributed by atoms with Crippen LogP contribution >= 0.6 is 11.3 Å². The lowest BCUT2D eigenvalue weighted by atomic mass is 9.87. The third-order valence-corrected chi connectivity index (χ3v) is 9.17. The molecule has 0 N–H and O–H groups in total. The van der Waals surface area contributed by atoms with E-state index in [-0.39, 0.29) is 17.9 Å². The van der Waals surface area contributed by atoms with Crippen LogP contribution in [0.4, 0.5) is 0 Å². The SMILES string of the molecule is Cc1ccc(CN(CC(=O)OC(C)(C)C)C(=O)c2cc3ccc(Oc4ccc(C(C)(C)C)cc4)cc3c(CC3CCCC3)n2)s1. The summed E-state index contributed by atoms with van der Waals surface area (Å²) in [5.41, 5.74) is 1.93. The smallest absolute Gasteiger partial charge is 0.326 e. The van der Waals surface area contributed by atoms with Gasteiger partial charge < -0.3 is 14.4 Å². The Balaban J connectivity index is 1.48. The maximum atomic E-state index is 14.1. The molecule has 0 aliphatic heterocycles. The van der Waals surface area contributed by atoms with E-state index < -0.39 is 11.6 Å². The van der Waals surface area contributed by atoms with Gasteiger partial charge in [0.2, 0.25) is 0 Å². The van der Waals surface area contributed by atoms with E-state index in [0.29, 0.717) is 18.2 Å². The van der Waals surface area contributed by atoms with E-state index in [1.165, 1.54) is 31.2 Å². The Morgan fingerprint density at radius 2 is 1.60 bits per heavy atom. The largest absolute Gasteiger partial charge is 0.459 e. The molecule has 1 amide bonds. The molecule has 4 aromatic rings. The molecule has 2 heterocycles. The van der Waals surface area contributed by atoms with Crippen LogP contribution in [0, 0.1) is 12.8 Å². The van der Waals surface area contributed by atoms with Crippen LogP contribution < -0.4 is 4.74 Å². The van der Waals surface area contributed by atoms with E-state index in [0.717, 1.165) is 44.1 Å². The van der Waals surface area contributed by atoms with Crippen LogP contribution in [0.5, 0.6) is 11.5 Å². The van der Waals surface area contributed by atoms with E-state index in [1.54, 1.807) is 16.2 Å². The number of aromatic nitrogens is 1. The minimum absolute atomic E-state index is 0.0721. The molecule has 5 rings (SSSR count). The van der Waals surface area contributed by atoms with E-state index in [1.807, 2.05) is 76.2 Å². The summed E-state index contributed by atoms with van der Waals surface area (Å²) >= 11 is 1.62. The van der Waals surface area contributed by atoms with Crippen molar-refractivity contribution in [2.45, 2.75) is 98.1 Å². The van der Waals surface area contributed by atoms with E-state index in [4.69, 9.17) is 14.5 Å². The normalized spacial score (nSPS) is 14.1. The summed E-state index contributed by atoms with van der Waals surface area (Å²) in [6.45, 7) is 14.3. The molecule has 0 saturated heterocycles. The zero-order chi connectivity index (χ0) is 32.4. The van der Waals surface area contributed by atoms with Gasteiger partial charge in [-0.15, -0.1) is 11.3 Å². The molecule has 0 spiro atoms. The first-order chi connectivity index (χ1) is 21.2. The fraction of sp³-hybridized carbons (Fsp3) is 0.447. The number of amides is 1. The highest BCUT2D eigenvalue weighted by Gasteiger charge is 2.26. The summed E-state index contributed by atoms with van der Waals surface area (Å²) in [5.74, 6) is 1.34. The highest BCUT2D eigenvalue weighted by atomic mass is 32.1. The van der Waals surface area contributed by atoms with Gasteiger partial charge in [0.05, 0.1) is 6.54 Å². The highest BCUT2D eigenvalue weighted by molar-refractivity contribution is 7.11. The predicted molar refractivity (Wildman–Crippen MR) is 182 cm³/mol. The van der Waals surface area contributed by atoms with Crippen molar-refractivity contribution in [3.8, 4) is 11.5 Å². The van der Waals surface area contributed by atoms with Crippen LogP contribution in [-0.4, -0.2) is 33.9 Å². The average molecular weight is 627 g/mol. The number of benzene rings is 2. The first-order valence-corrected chi connectivity index (χ1v) is 16.8. The molecule has 1 aliphatic rings. The van der Waals surface area contributed by atoms with Crippen molar-refractivity contribution in [3.05, 3.63) is 87.4 Å². The first kappa shape index (κ1) is 32.7. The summed E-state index contributed by atoms with van der Waals surface area (Å²) in [6, 6.07) is 20.1. The number of fused-ring (bicyclic) bond motifs is 1. The second-order valence-corrected chi connectivity index (χ2v) is 15.7. The number of hydrogen-bond donors (Lipinski definition) is 0. The van der Waals surface area contributed by atoms with Crippen molar-refractivity contribution in [3.63, 3.8) is 0 Å². The second kappa shape index (κ2) is 13.3. The van der Waals surface area contributed by atoms with Gasteiger partial charge in [0.1, 0.15) is 29.3 Å². The lowest BCUT2D eigenvalue weighted by Crippen LogP contribution is -2.38. The van der Waals surface area contributed by atoms with Crippen molar-refractivity contribution in [1.82, 2.24) is 9.88 Å². The molecule has 1 fully saturated rings. The van der Waals surface area contributed by atoms with Crippen LogP contribution in [0.15, 0.2) is 60.7 Å². The Bertz CT molecular complexity index is 1650. The Morgan fingerprint density at radius 1 is 0.911 bits per heavy atom. The number of pyridine rings is 1. The minimum Gasteiger partial charge on any atom is -0.459 e. The average Bonchev–Trinajstić information content (AvgIpc) is 3.62. The third-order valence-electron chi connectivity index (χ3n) is 8.19. The first-order valence-electron chi connectivity index (χ1n) is 16.0. The van der Waals surface area contributed by atoms with Gasteiger partial charge in [0.25, 0.3) is 5.91 Å². The van der Waals surface area contributed by atoms with Crippen LogP contribution in [-0.2, 0) is 27.9 Å². The molecular formula is C38H46N2O4S. The van der Waals surface area contributed by atoms with Gasteiger partial charge in [0, 0.05) is 20.8 Å². The number of thiophene rings is 1. The molecule has 0 radical (unpaired) electrons. The zero-order valence-corrected chi connectivity index (χ0v) is 28.6. The predicted octanol–water partition coefficient (Wildman–Crippen LogP) is 9.41. The molecule has 7 heteroatoms. The monoisotopic (exact) mass is 626 g/mol. The molecule has 0 unspecified atom stereocenters. The number of carbonyl (C=O) groups excluding carboxylic acids is 2. The quantitative estimate of drug-likeness (QED) is 0.173.